The number of aliphatic hydroxyl groups excluding tert-OH is 1. The van der Waals surface area contributed by atoms with E-state index < -0.39 is 5.97 Å². The first-order valence-corrected chi connectivity index (χ1v) is 5.66. The third-order valence-corrected chi connectivity index (χ3v) is 2.59. The summed E-state index contributed by atoms with van der Waals surface area (Å²) < 4.78 is 6.48. The number of hydrogen-bond donors (Lipinski definition) is 2. The quantitative estimate of drug-likeness (QED) is 0.723. The summed E-state index contributed by atoms with van der Waals surface area (Å²) in [7, 11) is 1.55. The average molecular weight is 257 g/mol. The summed E-state index contributed by atoms with van der Waals surface area (Å²) in [6, 6.07) is 0. The molecular weight excluding hydrogens is 238 g/mol. The predicted molar refractivity (Wildman–Crippen MR) is 63.4 cm³/mol. The van der Waals surface area contributed by atoms with Crippen molar-refractivity contribution in [1.82, 2.24) is 15.0 Å². The van der Waals surface area contributed by atoms with Crippen LogP contribution in [-0.4, -0.2) is 51.5 Å². The Morgan fingerprint density at radius 2 is 2.17 bits per heavy atom. The van der Waals surface area contributed by atoms with Crippen molar-refractivity contribution in [2.75, 3.05) is 20.3 Å². The first-order valence-electron chi connectivity index (χ1n) is 5.66. The lowest BCUT2D eigenvalue weighted by atomic mass is 9.95. The van der Waals surface area contributed by atoms with E-state index in [1.165, 1.54) is 4.68 Å². The second-order valence-corrected chi connectivity index (χ2v) is 4.91. The van der Waals surface area contributed by atoms with Crippen LogP contribution in [-0.2, 0) is 17.7 Å². The van der Waals surface area contributed by atoms with Gasteiger partial charge < -0.3 is 14.9 Å². The van der Waals surface area contributed by atoms with E-state index in [1.54, 1.807) is 7.11 Å². The molecule has 0 aliphatic carbocycles. The SMILES string of the molecule is COCCc1c(C(=O)O)nnn1CC(C)(C)CO. The van der Waals surface area contributed by atoms with Gasteiger partial charge in [-0.2, -0.15) is 0 Å². The zero-order valence-electron chi connectivity index (χ0n) is 10.9. The molecule has 2 N–H and O–H groups in total. The number of hydrogen-bond acceptors (Lipinski definition) is 5. The molecule has 0 aliphatic rings. The lowest BCUT2D eigenvalue weighted by Crippen LogP contribution is -2.26. The molecule has 7 heteroatoms. The van der Waals surface area contributed by atoms with E-state index in [0.29, 0.717) is 25.3 Å². The fourth-order valence-electron chi connectivity index (χ4n) is 1.53. The fraction of sp³-hybridized carbons (Fsp3) is 0.727. The van der Waals surface area contributed by atoms with Gasteiger partial charge in [-0.05, 0) is 0 Å². The van der Waals surface area contributed by atoms with Gasteiger partial charge in [0.2, 0.25) is 0 Å². The van der Waals surface area contributed by atoms with Gasteiger partial charge in [-0.1, -0.05) is 19.1 Å². The summed E-state index contributed by atoms with van der Waals surface area (Å²) in [5.41, 5.74) is 0.0809. The fourth-order valence-corrected chi connectivity index (χ4v) is 1.53. The number of nitrogens with zero attached hydrogens (tertiary/aromatic N) is 3. The summed E-state index contributed by atoms with van der Waals surface area (Å²) in [4.78, 5) is 11.0. The summed E-state index contributed by atoms with van der Waals surface area (Å²) in [6.45, 7) is 4.53. The van der Waals surface area contributed by atoms with Gasteiger partial charge in [-0.3, -0.25) is 0 Å². The highest BCUT2D eigenvalue weighted by Crippen LogP contribution is 2.18. The predicted octanol–water partition coefficient (Wildman–Crippen LogP) is 0.184. The minimum absolute atomic E-state index is 0.0149. The van der Waals surface area contributed by atoms with Gasteiger partial charge in [-0.25, -0.2) is 9.48 Å². The van der Waals surface area contributed by atoms with Crippen molar-refractivity contribution >= 4 is 5.97 Å². The number of carboxylic acids is 1. The topological polar surface area (TPSA) is 97.5 Å². The molecule has 102 valence electrons. The Morgan fingerprint density at radius 3 is 2.67 bits per heavy atom. The van der Waals surface area contributed by atoms with Crippen molar-refractivity contribution in [3.05, 3.63) is 11.4 Å². The maximum Gasteiger partial charge on any atom is 0.358 e. The lowest BCUT2D eigenvalue weighted by molar-refractivity contribution is 0.0688. The van der Waals surface area contributed by atoms with Crippen LogP contribution in [0.1, 0.15) is 30.0 Å². The number of carboxylic acid groups (broad SMARTS) is 1. The number of ether oxygens (including phenoxy) is 1. The minimum atomic E-state index is -1.10. The van der Waals surface area contributed by atoms with E-state index in [-0.39, 0.29) is 17.7 Å². The molecule has 1 aromatic heterocycles. The molecular formula is C11H19N3O4. The molecule has 0 fully saturated rings. The summed E-state index contributed by atoms with van der Waals surface area (Å²) in [5.74, 6) is -1.10. The van der Waals surface area contributed by atoms with Crippen LogP contribution in [0.15, 0.2) is 0 Å². The average Bonchev–Trinajstić information content (AvgIpc) is 2.69. The monoisotopic (exact) mass is 257 g/mol. The van der Waals surface area contributed by atoms with Crippen LogP contribution in [0, 0.1) is 5.41 Å². The molecule has 0 saturated carbocycles. The smallest absolute Gasteiger partial charge is 0.358 e. The Labute approximate surface area is 105 Å². The first-order chi connectivity index (χ1) is 8.41. The van der Waals surface area contributed by atoms with Crippen LogP contribution < -0.4 is 0 Å². The van der Waals surface area contributed by atoms with Gasteiger partial charge in [-0.15, -0.1) is 5.10 Å². The van der Waals surface area contributed by atoms with Gasteiger partial charge in [0.1, 0.15) is 0 Å². The number of carbonyl (C=O) groups is 1. The normalized spacial score (nSPS) is 11.8. The zero-order chi connectivity index (χ0) is 13.8. The van der Waals surface area contributed by atoms with E-state index in [9.17, 15) is 9.90 Å². The van der Waals surface area contributed by atoms with E-state index >= 15 is 0 Å². The van der Waals surface area contributed by atoms with E-state index in [0.717, 1.165) is 0 Å². The van der Waals surface area contributed by atoms with E-state index in [2.05, 4.69) is 10.3 Å². The van der Waals surface area contributed by atoms with Crippen molar-refractivity contribution in [1.29, 1.82) is 0 Å². The van der Waals surface area contributed by atoms with Crippen LogP contribution in [0.4, 0.5) is 0 Å². The molecule has 0 amide bonds. The van der Waals surface area contributed by atoms with E-state index in [4.69, 9.17) is 9.84 Å². The third-order valence-electron chi connectivity index (χ3n) is 2.59. The molecule has 0 saturated heterocycles. The largest absolute Gasteiger partial charge is 0.476 e. The summed E-state index contributed by atoms with van der Waals surface area (Å²) in [6.07, 6.45) is 0.423. The standard InChI is InChI=1S/C11H19N3O4/c1-11(2,7-15)6-14-8(4-5-18-3)9(10(16)17)12-13-14/h15H,4-7H2,1-3H3,(H,16,17). The van der Waals surface area contributed by atoms with Crippen molar-refractivity contribution < 1.29 is 19.7 Å². The molecule has 7 nitrogen and oxygen atoms in total. The Balaban J connectivity index is 3.00. The number of aromatic carboxylic acids is 1. The van der Waals surface area contributed by atoms with Crippen molar-refractivity contribution in [3.63, 3.8) is 0 Å². The van der Waals surface area contributed by atoms with E-state index in [1.807, 2.05) is 13.8 Å². The lowest BCUT2D eigenvalue weighted by Gasteiger charge is -2.22. The molecule has 1 rings (SSSR count). The Kier molecular flexibility index (Phi) is 4.80. The maximum absolute atomic E-state index is 11.0. The maximum atomic E-state index is 11.0. The molecule has 0 unspecified atom stereocenters. The van der Waals surface area contributed by atoms with Crippen molar-refractivity contribution in [2.45, 2.75) is 26.8 Å². The van der Waals surface area contributed by atoms with Gasteiger partial charge >= 0.3 is 5.97 Å². The number of methoxy groups -OCH3 is 1. The van der Waals surface area contributed by atoms with Gasteiger partial charge in [0.25, 0.3) is 0 Å². The Hall–Kier alpha value is -1.47. The number of rotatable bonds is 7. The third kappa shape index (κ3) is 3.51. The summed E-state index contributed by atoms with van der Waals surface area (Å²) in [5, 5.41) is 25.8. The summed E-state index contributed by atoms with van der Waals surface area (Å²) >= 11 is 0. The number of aromatic nitrogens is 3. The molecule has 0 bridgehead atoms. The first kappa shape index (κ1) is 14.6. The van der Waals surface area contributed by atoms with Crippen molar-refractivity contribution in [3.8, 4) is 0 Å². The molecule has 1 aromatic rings. The minimum Gasteiger partial charge on any atom is -0.476 e. The molecule has 18 heavy (non-hydrogen) atoms. The molecule has 0 radical (unpaired) electrons. The number of aliphatic hydroxyl groups is 1. The van der Waals surface area contributed by atoms with Crippen LogP contribution >= 0.6 is 0 Å². The van der Waals surface area contributed by atoms with Crippen LogP contribution in [0.25, 0.3) is 0 Å². The molecule has 1 heterocycles. The molecule has 0 atom stereocenters. The van der Waals surface area contributed by atoms with Gasteiger partial charge in [0.15, 0.2) is 5.69 Å². The van der Waals surface area contributed by atoms with Crippen LogP contribution in [0.3, 0.4) is 0 Å². The Morgan fingerprint density at radius 1 is 1.50 bits per heavy atom. The second kappa shape index (κ2) is 5.92. The highest BCUT2D eigenvalue weighted by molar-refractivity contribution is 5.86. The highest BCUT2D eigenvalue weighted by atomic mass is 16.5. The highest BCUT2D eigenvalue weighted by Gasteiger charge is 2.24. The van der Waals surface area contributed by atoms with Gasteiger partial charge in [0.05, 0.1) is 18.8 Å². The molecule has 0 aliphatic heterocycles. The second-order valence-electron chi connectivity index (χ2n) is 4.91. The Bertz CT molecular complexity index is 414. The zero-order valence-corrected chi connectivity index (χ0v) is 10.9. The van der Waals surface area contributed by atoms with Crippen LogP contribution in [0.5, 0.6) is 0 Å². The molecule has 0 spiro atoms. The van der Waals surface area contributed by atoms with Gasteiger partial charge in [0, 0.05) is 25.6 Å². The van der Waals surface area contributed by atoms with Crippen LogP contribution in [0.2, 0.25) is 0 Å². The van der Waals surface area contributed by atoms with Crippen molar-refractivity contribution in [2.24, 2.45) is 5.41 Å². The molecule has 0 aromatic carbocycles.